The molecule has 0 radical (unpaired) electrons. The summed E-state index contributed by atoms with van der Waals surface area (Å²) in [6.07, 6.45) is 4.76. The molecule has 5 aromatic rings. The molecule has 0 saturated carbocycles. The molecule has 1 unspecified atom stereocenters. The van der Waals surface area contributed by atoms with E-state index >= 15 is 0 Å². The van der Waals surface area contributed by atoms with E-state index in [1.54, 1.807) is 17.5 Å². The van der Waals surface area contributed by atoms with Gasteiger partial charge in [0, 0.05) is 30.6 Å². The van der Waals surface area contributed by atoms with Crippen LogP contribution in [-0.4, -0.2) is 114 Å². The second kappa shape index (κ2) is 22.2. The number of carbonyl (C=O) groups is 3. The minimum Gasteiger partial charge on any atom is -0.491 e. The lowest BCUT2D eigenvalue weighted by atomic mass is 9.85. The number of likely N-dealkylation sites (tertiary alicyclic amines) is 1. The molecule has 0 aliphatic carbocycles. The maximum Gasteiger partial charge on any atom is 0.246 e. The molecular weight excluding hydrogens is 833 g/mol. The summed E-state index contributed by atoms with van der Waals surface area (Å²) in [5.41, 5.74) is 5.72. The Bertz CT molecular complexity index is 2220. The number of β-amino-alcohol motifs (C(OH)–C–C–N with tert-alkyl or cyclic N) is 1. The average molecular weight is 887 g/mol. The Hall–Kier alpha value is -5.30. The number of amides is 3. The van der Waals surface area contributed by atoms with Gasteiger partial charge >= 0.3 is 0 Å². The number of aryl methyl sites for hydroxylation is 1. The SMILES string of the molecule is Cc1ncsc1-c1ccc([C@H](C)NC(=O)[C@@H]2C[C@@H](O)CN2C(=O)C(NC(=O)COCCOCCOCCOc2ccc(/C=C/c3cc(-c4nccs4)on3)cc2)C(C)(C)C)cc1. The van der Waals surface area contributed by atoms with Crippen LogP contribution in [-0.2, 0) is 28.6 Å². The maximum absolute atomic E-state index is 14.0. The molecule has 3 N–H and O–H groups in total. The van der Waals surface area contributed by atoms with Crippen molar-refractivity contribution in [3.8, 4) is 27.0 Å². The summed E-state index contributed by atoms with van der Waals surface area (Å²) < 4.78 is 27.8. The van der Waals surface area contributed by atoms with Crippen molar-refractivity contribution in [2.24, 2.45) is 5.41 Å². The summed E-state index contributed by atoms with van der Waals surface area (Å²) in [6.45, 7) is 10.9. The standard InChI is InChI=1S/C45H54N6O9S2/c1-29(32-9-11-33(12-10-32)40-30(2)47-28-62-40)48-42(54)37-25-35(52)26-51(37)44(55)41(45(3,4)5)49-39(53)27-58-20-19-56-17-18-57-21-22-59-36-14-7-31(8-15-36)6-13-34-24-38(60-50-34)43-46-16-23-61-43/h6-16,23-24,28-29,35,37,41,52H,17-22,25-27H2,1-5H3,(H,48,54)(H,49,53)/b13-6+/t29-,35+,37-,41?/m0/s1. The number of hydrogen-bond donors (Lipinski definition) is 3. The number of ether oxygens (including phenoxy) is 4. The van der Waals surface area contributed by atoms with Gasteiger partial charge in [-0.1, -0.05) is 68.4 Å². The number of thiazole rings is 2. The van der Waals surface area contributed by atoms with Crippen molar-refractivity contribution in [3.05, 3.63) is 94.2 Å². The molecule has 15 nitrogen and oxygen atoms in total. The van der Waals surface area contributed by atoms with Crippen molar-refractivity contribution in [1.82, 2.24) is 30.7 Å². The Morgan fingerprint density at radius 1 is 0.935 bits per heavy atom. The zero-order chi connectivity index (χ0) is 44.1. The molecule has 330 valence electrons. The van der Waals surface area contributed by atoms with E-state index in [9.17, 15) is 19.5 Å². The van der Waals surface area contributed by atoms with Gasteiger partial charge in [0.2, 0.25) is 17.7 Å². The molecule has 3 aromatic heterocycles. The van der Waals surface area contributed by atoms with E-state index in [2.05, 4.69) is 25.8 Å². The number of carbonyl (C=O) groups excluding carboxylic acids is 3. The predicted octanol–water partition coefficient (Wildman–Crippen LogP) is 6.20. The first kappa shape index (κ1) is 46.2. The van der Waals surface area contributed by atoms with Gasteiger partial charge in [-0.2, -0.15) is 0 Å². The fourth-order valence-corrected chi connectivity index (χ4v) is 8.11. The van der Waals surface area contributed by atoms with E-state index in [4.69, 9.17) is 23.5 Å². The van der Waals surface area contributed by atoms with E-state index in [0.29, 0.717) is 37.9 Å². The maximum atomic E-state index is 14.0. The van der Waals surface area contributed by atoms with Crippen molar-refractivity contribution < 1.29 is 43.0 Å². The van der Waals surface area contributed by atoms with Gasteiger partial charge in [0.25, 0.3) is 0 Å². The van der Waals surface area contributed by atoms with Crippen molar-refractivity contribution >= 4 is 52.5 Å². The lowest BCUT2D eigenvalue weighted by molar-refractivity contribution is -0.144. The highest BCUT2D eigenvalue weighted by Gasteiger charge is 2.44. The van der Waals surface area contributed by atoms with Crippen molar-refractivity contribution in [1.29, 1.82) is 0 Å². The summed E-state index contributed by atoms with van der Waals surface area (Å²) in [7, 11) is 0. The number of nitrogens with zero attached hydrogens (tertiary/aromatic N) is 4. The van der Waals surface area contributed by atoms with E-state index in [-0.39, 0.29) is 44.7 Å². The van der Waals surface area contributed by atoms with E-state index in [1.807, 2.05) is 112 Å². The monoisotopic (exact) mass is 886 g/mol. The third kappa shape index (κ3) is 13.1. The number of rotatable bonds is 21. The molecule has 4 atom stereocenters. The molecule has 1 fully saturated rings. The highest BCUT2D eigenvalue weighted by molar-refractivity contribution is 7.13. The molecule has 6 rings (SSSR count). The Morgan fingerprint density at radius 2 is 1.65 bits per heavy atom. The molecular formula is C45H54N6O9S2. The van der Waals surface area contributed by atoms with Crippen molar-refractivity contribution in [2.75, 3.05) is 52.8 Å². The first-order valence-electron chi connectivity index (χ1n) is 20.4. The number of aromatic nitrogens is 3. The summed E-state index contributed by atoms with van der Waals surface area (Å²) in [6, 6.07) is 15.2. The average Bonchev–Trinajstić information content (AvgIpc) is 4.09. The van der Waals surface area contributed by atoms with Gasteiger partial charge in [0.1, 0.15) is 36.7 Å². The normalized spacial score (nSPS) is 16.4. The Balaban J connectivity index is 0.841. The molecule has 4 heterocycles. The number of benzene rings is 2. The topological polar surface area (TPSA) is 187 Å². The predicted molar refractivity (Wildman–Crippen MR) is 237 cm³/mol. The Morgan fingerprint density at radius 3 is 2.31 bits per heavy atom. The second-order valence-electron chi connectivity index (χ2n) is 15.9. The van der Waals surface area contributed by atoms with Crippen LogP contribution in [0.25, 0.3) is 33.4 Å². The summed E-state index contributed by atoms with van der Waals surface area (Å²) >= 11 is 3.07. The zero-order valence-corrected chi connectivity index (χ0v) is 37.2. The van der Waals surface area contributed by atoms with Crippen LogP contribution in [0.5, 0.6) is 5.75 Å². The fourth-order valence-electron chi connectivity index (χ4n) is 6.71. The van der Waals surface area contributed by atoms with E-state index in [0.717, 1.165) is 38.0 Å². The van der Waals surface area contributed by atoms with Gasteiger partial charge in [-0.3, -0.25) is 14.4 Å². The number of hydrogen-bond acceptors (Lipinski definition) is 14. The minimum atomic E-state index is -0.965. The summed E-state index contributed by atoms with van der Waals surface area (Å²) in [5, 5.41) is 23.1. The molecule has 0 spiro atoms. The molecule has 62 heavy (non-hydrogen) atoms. The van der Waals surface area contributed by atoms with Crippen LogP contribution in [0.15, 0.2) is 76.2 Å². The molecule has 2 aromatic carbocycles. The lowest BCUT2D eigenvalue weighted by Crippen LogP contribution is -2.58. The van der Waals surface area contributed by atoms with Gasteiger partial charge in [-0.15, -0.1) is 22.7 Å². The zero-order valence-electron chi connectivity index (χ0n) is 35.6. The molecule has 0 bridgehead atoms. The van der Waals surface area contributed by atoms with Gasteiger partial charge in [0.15, 0.2) is 10.8 Å². The lowest BCUT2D eigenvalue weighted by Gasteiger charge is -2.35. The number of aliphatic hydroxyl groups excluding tert-OH is 1. The quantitative estimate of drug-likeness (QED) is 0.0710. The highest BCUT2D eigenvalue weighted by atomic mass is 32.1. The first-order chi connectivity index (χ1) is 29.9. The third-order valence-corrected chi connectivity index (χ3v) is 11.8. The van der Waals surface area contributed by atoms with Gasteiger partial charge in [-0.05, 0) is 54.2 Å². The van der Waals surface area contributed by atoms with Crippen molar-refractivity contribution in [3.63, 3.8) is 0 Å². The molecule has 17 heteroatoms. The first-order valence-corrected chi connectivity index (χ1v) is 22.2. The number of aliphatic hydroxyl groups is 1. The third-order valence-electron chi connectivity index (χ3n) is 10.0. The van der Waals surface area contributed by atoms with Crippen LogP contribution < -0.4 is 15.4 Å². The largest absolute Gasteiger partial charge is 0.491 e. The van der Waals surface area contributed by atoms with E-state index in [1.165, 1.54) is 16.2 Å². The van der Waals surface area contributed by atoms with Gasteiger partial charge < -0.3 is 44.1 Å². The van der Waals surface area contributed by atoms with Crippen LogP contribution in [0, 0.1) is 12.3 Å². The van der Waals surface area contributed by atoms with Crippen LogP contribution in [0.2, 0.25) is 0 Å². The summed E-state index contributed by atoms with van der Waals surface area (Å²) in [4.78, 5) is 51.5. The molecule has 3 amide bonds. The van der Waals surface area contributed by atoms with Crippen molar-refractivity contribution in [2.45, 2.75) is 65.3 Å². The highest BCUT2D eigenvalue weighted by Crippen LogP contribution is 2.30. The van der Waals surface area contributed by atoms with Crippen LogP contribution in [0.3, 0.4) is 0 Å². The van der Waals surface area contributed by atoms with Gasteiger partial charge in [0.05, 0.1) is 61.3 Å². The summed E-state index contributed by atoms with van der Waals surface area (Å²) in [5.74, 6) is 0.0677. The molecule has 1 aliphatic rings. The molecule has 1 aliphatic heterocycles. The smallest absolute Gasteiger partial charge is 0.246 e. The molecule has 1 saturated heterocycles. The fraction of sp³-hybridized carbons (Fsp3) is 0.422. The van der Waals surface area contributed by atoms with Crippen LogP contribution in [0.4, 0.5) is 0 Å². The van der Waals surface area contributed by atoms with E-state index < -0.39 is 35.4 Å². The Labute approximate surface area is 369 Å². The number of nitrogens with one attached hydrogen (secondary N) is 2. The van der Waals surface area contributed by atoms with Crippen LogP contribution >= 0.6 is 22.7 Å². The van der Waals surface area contributed by atoms with Gasteiger partial charge in [-0.25, -0.2) is 9.97 Å². The van der Waals surface area contributed by atoms with Crippen LogP contribution in [0.1, 0.15) is 62.7 Å². The Kier molecular flexibility index (Phi) is 16.5. The second-order valence-corrected chi connectivity index (χ2v) is 17.6. The minimum absolute atomic E-state index is 0.0174.